The zero-order valence-electron chi connectivity index (χ0n) is 10.7. The van der Waals surface area contributed by atoms with E-state index in [4.69, 9.17) is 15.7 Å². The van der Waals surface area contributed by atoms with E-state index in [1.807, 2.05) is 25.1 Å². The van der Waals surface area contributed by atoms with Crippen molar-refractivity contribution in [2.45, 2.75) is 32.2 Å². The first kappa shape index (κ1) is 12.6. The molecule has 2 N–H and O–H groups in total. The van der Waals surface area contributed by atoms with Gasteiger partial charge in [0.1, 0.15) is 5.75 Å². The smallest absolute Gasteiger partial charge is 0.123 e. The molecule has 0 aliphatic heterocycles. The molecule has 1 fully saturated rings. The van der Waals surface area contributed by atoms with E-state index in [-0.39, 0.29) is 0 Å². The predicted octanol–water partition coefficient (Wildman–Crippen LogP) is 2.55. The molecule has 0 amide bonds. The third-order valence-electron chi connectivity index (χ3n) is 3.01. The molecule has 1 aliphatic rings. The number of rotatable bonds is 6. The van der Waals surface area contributed by atoms with Gasteiger partial charge in [-0.1, -0.05) is 0 Å². The van der Waals surface area contributed by atoms with Crippen LogP contribution in [-0.2, 0) is 0 Å². The largest absolute Gasteiger partial charge is 0.494 e. The van der Waals surface area contributed by atoms with Crippen LogP contribution in [0.5, 0.6) is 5.75 Å². The summed E-state index contributed by atoms with van der Waals surface area (Å²) >= 11 is 0. The van der Waals surface area contributed by atoms with Gasteiger partial charge in [0.25, 0.3) is 0 Å². The standard InChI is InChI=1S/C14H19N3O/c1-2-18-14-9-11(16)8-13(10-14)17(7-3-6-15)12-4-5-12/h8-10,12H,2-5,7,16H2,1H3. The van der Waals surface area contributed by atoms with Crippen LogP contribution in [0.1, 0.15) is 26.2 Å². The van der Waals surface area contributed by atoms with Gasteiger partial charge in [0.15, 0.2) is 0 Å². The summed E-state index contributed by atoms with van der Waals surface area (Å²) in [5, 5.41) is 8.73. The number of hydrogen-bond donors (Lipinski definition) is 1. The quantitative estimate of drug-likeness (QED) is 0.782. The van der Waals surface area contributed by atoms with Crippen molar-refractivity contribution in [3.05, 3.63) is 18.2 Å². The molecule has 4 heteroatoms. The minimum absolute atomic E-state index is 0.537. The summed E-state index contributed by atoms with van der Waals surface area (Å²) in [7, 11) is 0. The molecule has 1 aliphatic carbocycles. The molecule has 4 nitrogen and oxygen atoms in total. The van der Waals surface area contributed by atoms with Gasteiger partial charge < -0.3 is 15.4 Å². The average molecular weight is 245 g/mol. The molecule has 1 aromatic carbocycles. The summed E-state index contributed by atoms with van der Waals surface area (Å²) in [4.78, 5) is 2.27. The Balaban J connectivity index is 2.20. The Kier molecular flexibility index (Phi) is 3.93. The molecule has 18 heavy (non-hydrogen) atoms. The van der Waals surface area contributed by atoms with Crippen LogP contribution < -0.4 is 15.4 Å². The average Bonchev–Trinajstić information content (AvgIpc) is 3.14. The number of benzene rings is 1. The second kappa shape index (κ2) is 5.63. The maximum Gasteiger partial charge on any atom is 0.123 e. The highest BCUT2D eigenvalue weighted by molar-refractivity contribution is 5.61. The fourth-order valence-corrected chi connectivity index (χ4v) is 2.10. The van der Waals surface area contributed by atoms with Crippen molar-refractivity contribution in [2.75, 3.05) is 23.8 Å². The van der Waals surface area contributed by atoms with E-state index >= 15 is 0 Å². The molecule has 1 aromatic rings. The van der Waals surface area contributed by atoms with Crippen molar-refractivity contribution >= 4 is 11.4 Å². The number of nitriles is 1. The Bertz CT molecular complexity index is 449. The number of anilines is 2. The maximum atomic E-state index is 8.73. The van der Waals surface area contributed by atoms with E-state index in [0.717, 1.165) is 18.0 Å². The van der Waals surface area contributed by atoms with E-state index in [9.17, 15) is 0 Å². The number of hydrogen-bond acceptors (Lipinski definition) is 4. The topological polar surface area (TPSA) is 62.3 Å². The molecule has 0 saturated heterocycles. The van der Waals surface area contributed by atoms with Gasteiger partial charge in [0.05, 0.1) is 19.1 Å². The Hall–Kier alpha value is -1.89. The van der Waals surface area contributed by atoms with Crippen molar-refractivity contribution in [1.82, 2.24) is 0 Å². The third-order valence-corrected chi connectivity index (χ3v) is 3.01. The minimum atomic E-state index is 0.537. The van der Waals surface area contributed by atoms with Crippen LogP contribution >= 0.6 is 0 Å². The Morgan fingerprint density at radius 3 is 2.83 bits per heavy atom. The zero-order chi connectivity index (χ0) is 13.0. The molecule has 0 aromatic heterocycles. The van der Waals surface area contributed by atoms with Gasteiger partial charge in [-0.3, -0.25) is 0 Å². The zero-order valence-corrected chi connectivity index (χ0v) is 10.7. The summed E-state index contributed by atoms with van der Waals surface area (Å²) < 4.78 is 5.51. The summed E-state index contributed by atoms with van der Waals surface area (Å²) in [6, 6.07) is 8.57. The van der Waals surface area contributed by atoms with Crippen molar-refractivity contribution in [1.29, 1.82) is 5.26 Å². The van der Waals surface area contributed by atoms with Gasteiger partial charge in [0.2, 0.25) is 0 Å². The maximum absolute atomic E-state index is 8.73. The lowest BCUT2D eigenvalue weighted by atomic mass is 10.2. The molecule has 2 rings (SSSR count). The fraction of sp³-hybridized carbons (Fsp3) is 0.500. The van der Waals surface area contributed by atoms with E-state index in [1.54, 1.807) is 0 Å². The Morgan fingerprint density at radius 2 is 2.22 bits per heavy atom. The van der Waals surface area contributed by atoms with Gasteiger partial charge >= 0.3 is 0 Å². The lowest BCUT2D eigenvalue weighted by molar-refractivity contribution is 0.340. The fourth-order valence-electron chi connectivity index (χ4n) is 2.10. The molecule has 0 bridgehead atoms. The highest BCUT2D eigenvalue weighted by Gasteiger charge is 2.29. The van der Waals surface area contributed by atoms with Crippen LogP contribution in [0.3, 0.4) is 0 Å². The molecule has 1 saturated carbocycles. The highest BCUT2D eigenvalue weighted by Crippen LogP contribution is 2.34. The summed E-state index contributed by atoms with van der Waals surface area (Å²) in [5.74, 6) is 0.801. The van der Waals surface area contributed by atoms with E-state index in [0.29, 0.717) is 24.8 Å². The Labute approximate surface area is 108 Å². The van der Waals surface area contributed by atoms with Crippen LogP contribution in [0.2, 0.25) is 0 Å². The monoisotopic (exact) mass is 245 g/mol. The van der Waals surface area contributed by atoms with Gasteiger partial charge in [-0.2, -0.15) is 5.26 Å². The summed E-state index contributed by atoms with van der Waals surface area (Å²) in [6.07, 6.45) is 2.93. The van der Waals surface area contributed by atoms with E-state index in [2.05, 4.69) is 11.0 Å². The van der Waals surface area contributed by atoms with Gasteiger partial charge in [0, 0.05) is 36.1 Å². The second-order valence-corrected chi connectivity index (χ2v) is 4.53. The van der Waals surface area contributed by atoms with Crippen molar-refractivity contribution in [2.24, 2.45) is 0 Å². The van der Waals surface area contributed by atoms with Crippen LogP contribution in [0.15, 0.2) is 18.2 Å². The molecule has 0 radical (unpaired) electrons. The molecule has 0 unspecified atom stereocenters. The van der Waals surface area contributed by atoms with Gasteiger partial charge in [-0.05, 0) is 25.8 Å². The normalized spacial score (nSPS) is 14.0. The molecule has 0 heterocycles. The molecule has 0 atom stereocenters. The van der Waals surface area contributed by atoms with Crippen LogP contribution in [0, 0.1) is 11.3 Å². The van der Waals surface area contributed by atoms with Crippen LogP contribution in [0.25, 0.3) is 0 Å². The molecular weight excluding hydrogens is 226 g/mol. The SMILES string of the molecule is CCOc1cc(N)cc(N(CCC#N)C2CC2)c1. The predicted molar refractivity (Wildman–Crippen MR) is 72.6 cm³/mol. The third kappa shape index (κ3) is 3.07. The van der Waals surface area contributed by atoms with E-state index < -0.39 is 0 Å². The summed E-state index contributed by atoms with van der Waals surface area (Å²) in [6.45, 7) is 3.35. The first-order valence-corrected chi connectivity index (χ1v) is 6.41. The van der Waals surface area contributed by atoms with E-state index in [1.165, 1.54) is 12.8 Å². The van der Waals surface area contributed by atoms with Crippen molar-refractivity contribution in [3.63, 3.8) is 0 Å². The number of nitrogens with zero attached hydrogens (tertiary/aromatic N) is 2. The minimum Gasteiger partial charge on any atom is -0.494 e. The number of nitrogen functional groups attached to an aromatic ring is 1. The lowest BCUT2D eigenvalue weighted by Gasteiger charge is -2.24. The van der Waals surface area contributed by atoms with Crippen LogP contribution in [-0.4, -0.2) is 19.2 Å². The number of nitrogens with two attached hydrogens (primary N) is 1. The second-order valence-electron chi connectivity index (χ2n) is 4.53. The van der Waals surface area contributed by atoms with Crippen molar-refractivity contribution < 1.29 is 4.74 Å². The molecular formula is C14H19N3O. The first-order valence-electron chi connectivity index (χ1n) is 6.41. The Morgan fingerprint density at radius 1 is 1.44 bits per heavy atom. The lowest BCUT2D eigenvalue weighted by Crippen LogP contribution is -2.26. The summed E-state index contributed by atoms with van der Waals surface area (Å²) in [5.41, 5.74) is 7.68. The first-order chi connectivity index (χ1) is 8.74. The van der Waals surface area contributed by atoms with Gasteiger partial charge in [-0.15, -0.1) is 0 Å². The molecule has 0 spiro atoms. The highest BCUT2D eigenvalue weighted by atomic mass is 16.5. The molecule has 96 valence electrons. The van der Waals surface area contributed by atoms with Gasteiger partial charge in [-0.25, -0.2) is 0 Å². The van der Waals surface area contributed by atoms with Crippen LogP contribution in [0.4, 0.5) is 11.4 Å². The van der Waals surface area contributed by atoms with Crippen molar-refractivity contribution in [3.8, 4) is 11.8 Å². The number of ether oxygens (including phenoxy) is 1.